The van der Waals surface area contributed by atoms with Gasteiger partial charge < -0.3 is 4.84 Å². The molecule has 0 radical (unpaired) electrons. The summed E-state index contributed by atoms with van der Waals surface area (Å²) in [6, 6.07) is 14.4. The van der Waals surface area contributed by atoms with Gasteiger partial charge in [-0.05, 0) is 36.4 Å². The molecule has 120 valence electrons. The van der Waals surface area contributed by atoms with E-state index < -0.39 is 12.0 Å². The minimum absolute atomic E-state index is 0.313. The van der Waals surface area contributed by atoms with E-state index in [-0.39, 0.29) is 11.8 Å². The Morgan fingerprint density at radius 3 is 2.08 bits per heavy atom. The second-order valence-electron chi connectivity index (χ2n) is 5.48. The number of anilines is 1. The molecule has 1 saturated heterocycles. The van der Waals surface area contributed by atoms with Crippen LogP contribution in [0.5, 0.6) is 0 Å². The van der Waals surface area contributed by atoms with Crippen LogP contribution in [0.1, 0.15) is 5.56 Å². The number of hydrogen-bond donors (Lipinski definition) is 0. The third kappa shape index (κ3) is 2.39. The lowest BCUT2D eigenvalue weighted by atomic mass is 9.94. The molecule has 2 aromatic carbocycles. The fraction of sp³-hybridized carbons (Fsp3) is 0.118. The van der Waals surface area contributed by atoms with E-state index in [0.717, 1.165) is 14.5 Å². The van der Waals surface area contributed by atoms with Gasteiger partial charge in [-0.3, -0.25) is 9.59 Å². The van der Waals surface area contributed by atoms with Crippen molar-refractivity contribution < 1.29 is 14.4 Å². The fourth-order valence-corrected chi connectivity index (χ4v) is 3.41. The number of rotatable bonds is 2. The highest BCUT2D eigenvalue weighted by Gasteiger charge is 2.56. The molecule has 2 unspecified atom stereocenters. The fourth-order valence-electron chi connectivity index (χ4n) is 2.88. The van der Waals surface area contributed by atoms with E-state index in [1.54, 1.807) is 24.3 Å². The summed E-state index contributed by atoms with van der Waals surface area (Å²) in [4.78, 5) is 31.9. The van der Waals surface area contributed by atoms with Crippen LogP contribution in [-0.4, -0.2) is 23.6 Å². The normalized spacial score (nSPS) is 22.4. The number of carbonyl (C=O) groups is 2. The van der Waals surface area contributed by atoms with Crippen LogP contribution in [0.2, 0.25) is 0 Å². The molecule has 1 fully saturated rings. The van der Waals surface area contributed by atoms with Gasteiger partial charge in [0.1, 0.15) is 11.6 Å². The summed E-state index contributed by atoms with van der Waals surface area (Å²) in [6.45, 7) is 0. The van der Waals surface area contributed by atoms with Gasteiger partial charge in [-0.25, -0.2) is 4.90 Å². The van der Waals surface area contributed by atoms with Crippen molar-refractivity contribution in [1.29, 1.82) is 0 Å². The average molecular weight is 450 g/mol. The lowest BCUT2D eigenvalue weighted by Gasteiger charge is -2.15. The molecule has 0 saturated carbocycles. The Morgan fingerprint density at radius 1 is 0.875 bits per heavy atom. The van der Waals surface area contributed by atoms with Gasteiger partial charge in [0, 0.05) is 14.5 Å². The van der Waals surface area contributed by atoms with Crippen molar-refractivity contribution in [1.82, 2.24) is 0 Å². The summed E-state index contributed by atoms with van der Waals surface area (Å²) in [6.07, 6.45) is -0.889. The number of oxime groups is 1. The van der Waals surface area contributed by atoms with E-state index in [9.17, 15) is 9.59 Å². The van der Waals surface area contributed by atoms with Crippen LogP contribution in [-0.2, 0) is 14.4 Å². The van der Waals surface area contributed by atoms with Crippen molar-refractivity contribution in [2.45, 2.75) is 6.10 Å². The molecule has 2 aliphatic heterocycles. The van der Waals surface area contributed by atoms with E-state index in [1.807, 2.05) is 24.3 Å². The van der Waals surface area contributed by atoms with Crippen LogP contribution >= 0.6 is 31.9 Å². The maximum atomic E-state index is 12.9. The molecule has 2 atom stereocenters. The number of halogens is 2. The highest BCUT2D eigenvalue weighted by Crippen LogP contribution is 2.35. The lowest BCUT2D eigenvalue weighted by molar-refractivity contribution is -0.126. The molecule has 2 aliphatic rings. The van der Waals surface area contributed by atoms with Gasteiger partial charge >= 0.3 is 0 Å². The van der Waals surface area contributed by atoms with E-state index in [4.69, 9.17) is 4.84 Å². The maximum absolute atomic E-state index is 12.9. The number of fused-ring (bicyclic) bond motifs is 1. The summed E-state index contributed by atoms with van der Waals surface area (Å²) in [7, 11) is 0. The molecule has 0 aromatic heterocycles. The zero-order valence-corrected chi connectivity index (χ0v) is 15.3. The minimum atomic E-state index is -0.889. The SMILES string of the molecule is O=C1C2ON=C(c3ccc(Br)cc3)C2C(=O)N1c1ccc(Br)cc1. The predicted molar refractivity (Wildman–Crippen MR) is 95.7 cm³/mol. The Bertz CT molecular complexity index is 862. The first kappa shape index (κ1) is 15.5. The number of imide groups is 1. The van der Waals surface area contributed by atoms with E-state index in [1.165, 1.54) is 4.90 Å². The first-order valence-corrected chi connectivity index (χ1v) is 8.78. The molecule has 0 N–H and O–H groups in total. The summed E-state index contributed by atoms with van der Waals surface area (Å²) in [5.74, 6) is -1.41. The van der Waals surface area contributed by atoms with Gasteiger partial charge in [-0.15, -0.1) is 0 Å². The summed E-state index contributed by atoms with van der Waals surface area (Å²) < 4.78 is 1.80. The standard InChI is InChI=1S/C17H10Br2N2O3/c18-10-3-1-9(2-4-10)14-13-15(24-20-14)17(23)21(16(13)22)12-7-5-11(19)6-8-12/h1-8,13,15H. The Hall–Kier alpha value is -1.99. The molecule has 0 spiro atoms. The van der Waals surface area contributed by atoms with Crippen LogP contribution in [0.3, 0.4) is 0 Å². The Kier molecular flexibility index (Phi) is 3.77. The Balaban J connectivity index is 1.69. The van der Waals surface area contributed by atoms with Crippen LogP contribution in [0.15, 0.2) is 62.6 Å². The van der Waals surface area contributed by atoms with Gasteiger partial charge in [0.05, 0.1) is 5.69 Å². The van der Waals surface area contributed by atoms with Crippen molar-refractivity contribution in [3.05, 3.63) is 63.0 Å². The average Bonchev–Trinajstić information content (AvgIpc) is 3.11. The molecule has 7 heteroatoms. The smallest absolute Gasteiger partial charge is 0.278 e. The second-order valence-corrected chi connectivity index (χ2v) is 7.31. The molecule has 5 nitrogen and oxygen atoms in total. The molecule has 0 aliphatic carbocycles. The predicted octanol–water partition coefficient (Wildman–Crippen LogP) is 3.50. The summed E-state index contributed by atoms with van der Waals surface area (Å²) in [5, 5.41) is 3.99. The zero-order chi connectivity index (χ0) is 16.8. The Morgan fingerprint density at radius 2 is 1.46 bits per heavy atom. The molecule has 4 rings (SSSR count). The number of amides is 2. The van der Waals surface area contributed by atoms with Crippen molar-refractivity contribution in [3.8, 4) is 0 Å². The van der Waals surface area contributed by atoms with Crippen LogP contribution in [0, 0.1) is 5.92 Å². The lowest BCUT2D eigenvalue weighted by Crippen LogP contribution is -2.33. The van der Waals surface area contributed by atoms with E-state index in [2.05, 4.69) is 37.0 Å². The van der Waals surface area contributed by atoms with E-state index in [0.29, 0.717) is 11.4 Å². The highest BCUT2D eigenvalue weighted by molar-refractivity contribution is 9.10. The topological polar surface area (TPSA) is 59.0 Å². The minimum Gasteiger partial charge on any atom is -0.381 e. The number of carbonyl (C=O) groups excluding carboxylic acids is 2. The first-order chi connectivity index (χ1) is 11.6. The van der Waals surface area contributed by atoms with Gasteiger partial charge in [0.2, 0.25) is 12.0 Å². The van der Waals surface area contributed by atoms with Gasteiger partial charge in [-0.1, -0.05) is 49.1 Å². The van der Waals surface area contributed by atoms with Crippen LogP contribution in [0.25, 0.3) is 0 Å². The van der Waals surface area contributed by atoms with Crippen molar-refractivity contribution in [2.24, 2.45) is 11.1 Å². The molecule has 2 amide bonds. The third-order valence-corrected chi connectivity index (χ3v) is 5.09. The summed E-state index contributed by atoms with van der Waals surface area (Å²) in [5.41, 5.74) is 1.79. The van der Waals surface area contributed by atoms with Crippen molar-refractivity contribution in [2.75, 3.05) is 4.90 Å². The van der Waals surface area contributed by atoms with Crippen molar-refractivity contribution >= 4 is 55.1 Å². The van der Waals surface area contributed by atoms with Gasteiger partial charge in [-0.2, -0.15) is 0 Å². The van der Waals surface area contributed by atoms with Gasteiger partial charge in [0.15, 0.2) is 0 Å². The van der Waals surface area contributed by atoms with E-state index >= 15 is 0 Å². The maximum Gasteiger partial charge on any atom is 0.278 e. The molecule has 24 heavy (non-hydrogen) atoms. The molecule has 2 heterocycles. The molecule has 0 bridgehead atoms. The highest BCUT2D eigenvalue weighted by atomic mass is 79.9. The monoisotopic (exact) mass is 448 g/mol. The number of nitrogens with zero attached hydrogens (tertiary/aromatic N) is 2. The van der Waals surface area contributed by atoms with Crippen LogP contribution in [0.4, 0.5) is 5.69 Å². The van der Waals surface area contributed by atoms with Gasteiger partial charge in [0.25, 0.3) is 5.91 Å². The quantitative estimate of drug-likeness (QED) is 0.659. The largest absolute Gasteiger partial charge is 0.381 e. The number of benzene rings is 2. The Labute approximate surface area is 154 Å². The summed E-state index contributed by atoms with van der Waals surface area (Å²) >= 11 is 6.72. The number of hydrogen-bond acceptors (Lipinski definition) is 4. The third-order valence-electron chi connectivity index (χ3n) is 4.04. The van der Waals surface area contributed by atoms with Crippen LogP contribution < -0.4 is 4.90 Å². The van der Waals surface area contributed by atoms with Crippen molar-refractivity contribution in [3.63, 3.8) is 0 Å². The second kappa shape index (κ2) is 5.82. The molecular weight excluding hydrogens is 440 g/mol. The zero-order valence-electron chi connectivity index (χ0n) is 12.1. The first-order valence-electron chi connectivity index (χ1n) is 7.19. The molecule has 2 aromatic rings. The molecular formula is C17H10Br2N2O3.